The number of ketones is 2. The molecule has 0 spiro atoms. The Labute approximate surface area is 105 Å². The number of benzene rings is 2. The molecule has 0 aliphatic heterocycles. The summed E-state index contributed by atoms with van der Waals surface area (Å²) in [5.74, 6) is 0.171. The van der Waals surface area contributed by atoms with Crippen LogP contribution in [0.1, 0.15) is 31.8 Å². The summed E-state index contributed by atoms with van der Waals surface area (Å²) in [4.78, 5) is 24.0. The van der Waals surface area contributed by atoms with Gasteiger partial charge in [-0.25, -0.2) is 0 Å². The van der Waals surface area contributed by atoms with Crippen molar-refractivity contribution < 1.29 is 9.59 Å². The van der Waals surface area contributed by atoms with Crippen LogP contribution in [-0.2, 0) is 12.8 Å². The summed E-state index contributed by atoms with van der Waals surface area (Å²) in [6.45, 7) is 0. The molecule has 0 heterocycles. The van der Waals surface area contributed by atoms with Crippen molar-refractivity contribution in [3.63, 3.8) is 0 Å². The highest BCUT2D eigenvalue weighted by Gasteiger charge is 2.12. The number of carbonyl (C=O) groups is 2. The molecule has 2 heteroatoms. The monoisotopic (exact) mass is 236 g/mol. The fourth-order valence-corrected chi connectivity index (χ4v) is 2.19. The summed E-state index contributed by atoms with van der Waals surface area (Å²) in [5.41, 5.74) is 3.30. The summed E-state index contributed by atoms with van der Waals surface area (Å²) >= 11 is 0. The Bertz CT molecular complexity index is 551. The van der Waals surface area contributed by atoms with Gasteiger partial charge in [-0.3, -0.25) is 9.59 Å². The third kappa shape index (κ3) is 1.97. The van der Waals surface area contributed by atoms with Crippen molar-refractivity contribution >= 4 is 11.6 Å². The minimum absolute atomic E-state index is 0.0855. The zero-order valence-electron chi connectivity index (χ0n) is 9.85. The van der Waals surface area contributed by atoms with E-state index < -0.39 is 0 Å². The SMILES string of the molecule is O=C1Cc2ccc(cc2)CC(=O)c2ccc1cc2. The second-order valence-electron chi connectivity index (χ2n) is 4.59. The average molecular weight is 236 g/mol. The third-order valence-corrected chi connectivity index (χ3v) is 3.28. The van der Waals surface area contributed by atoms with Gasteiger partial charge in [-0.15, -0.1) is 0 Å². The zero-order valence-corrected chi connectivity index (χ0v) is 9.85. The molecule has 2 aromatic carbocycles. The van der Waals surface area contributed by atoms with Crippen LogP contribution in [0.3, 0.4) is 0 Å². The van der Waals surface area contributed by atoms with Gasteiger partial charge in [0.1, 0.15) is 0 Å². The van der Waals surface area contributed by atoms with Crippen molar-refractivity contribution in [2.45, 2.75) is 12.8 Å². The number of carbonyl (C=O) groups excluding carboxylic acids is 2. The van der Waals surface area contributed by atoms with Crippen LogP contribution in [0.5, 0.6) is 0 Å². The lowest BCUT2D eigenvalue weighted by Gasteiger charge is -2.08. The summed E-state index contributed by atoms with van der Waals surface area (Å²) in [7, 11) is 0. The molecule has 0 amide bonds. The minimum Gasteiger partial charge on any atom is -0.294 e. The lowest BCUT2D eigenvalue weighted by atomic mass is 9.95. The van der Waals surface area contributed by atoms with E-state index in [0.717, 1.165) is 11.1 Å². The number of hydrogen-bond acceptors (Lipinski definition) is 2. The average Bonchev–Trinajstić information content (AvgIpc) is 2.40. The molecule has 0 unspecified atom stereocenters. The first-order chi connectivity index (χ1) is 8.72. The van der Waals surface area contributed by atoms with Crippen molar-refractivity contribution in [3.05, 3.63) is 70.8 Å². The lowest BCUT2D eigenvalue weighted by molar-refractivity contribution is 0.0980. The molecular formula is C16H12O2. The highest BCUT2D eigenvalue weighted by Crippen LogP contribution is 2.15. The Morgan fingerprint density at radius 1 is 0.556 bits per heavy atom. The minimum atomic E-state index is 0.0855. The van der Waals surface area contributed by atoms with E-state index >= 15 is 0 Å². The predicted molar refractivity (Wildman–Crippen MR) is 69.0 cm³/mol. The van der Waals surface area contributed by atoms with Crippen LogP contribution in [0.25, 0.3) is 0 Å². The summed E-state index contributed by atoms with van der Waals surface area (Å²) in [5, 5.41) is 0. The molecule has 0 fully saturated rings. The van der Waals surface area contributed by atoms with Gasteiger partial charge in [0.05, 0.1) is 0 Å². The normalized spacial score (nSPS) is 14.4. The van der Waals surface area contributed by atoms with Crippen LogP contribution >= 0.6 is 0 Å². The fraction of sp³-hybridized carbons (Fsp3) is 0.125. The van der Waals surface area contributed by atoms with E-state index in [4.69, 9.17) is 0 Å². The largest absolute Gasteiger partial charge is 0.294 e. The standard InChI is InChI=1S/C16H12O2/c17-15-9-11-1-2-12(4-3-11)10-16(18)14-7-5-13(15)6-8-14/h1-8H,9-10H2. The molecule has 0 saturated carbocycles. The maximum absolute atomic E-state index is 12.0. The fourth-order valence-electron chi connectivity index (χ4n) is 2.19. The molecule has 0 radical (unpaired) electrons. The molecule has 88 valence electrons. The van der Waals surface area contributed by atoms with Gasteiger partial charge < -0.3 is 0 Å². The van der Waals surface area contributed by atoms with Gasteiger partial charge in [-0.1, -0.05) is 48.5 Å². The van der Waals surface area contributed by atoms with E-state index in [0.29, 0.717) is 24.0 Å². The first-order valence-electron chi connectivity index (χ1n) is 5.97. The molecule has 6 rings (SSSR count). The van der Waals surface area contributed by atoms with Gasteiger partial charge >= 0.3 is 0 Å². The number of rotatable bonds is 0. The molecule has 0 aromatic heterocycles. The quantitative estimate of drug-likeness (QED) is 0.704. The smallest absolute Gasteiger partial charge is 0.167 e. The molecule has 0 saturated heterocycles. The first kappa shape index (κ1) is 10.9. The van der Waals surface area contributed by atoms with Gasteiger partial charge in [0, 0.05) is 24.0 Å². The van der Waals surface area contributed by atoms with Crippen LogP contribution in [-0.4, -0.2) is 11.6 Å². The Kier molecular flexibility index (Phi) is 2.56. The molecule has 4 aliphatic rings. The zero-order chi connectivity index (χ0) is 12.5. The van der Waals surface area contributed by atoms with Crippen LogP contribution in [0, 0.1) is 0 Å². The Hall–Kier alpha value is -2.22. The maximum atomic E-state index is 12.0. The molecule has 18 heavy (non-hydrogen) atoms. The van der Waals surface area contributed by atoms with Gasteiger partial charge in [0.25, 0.3) is 0 Å². The molecule has 2 nitrogen and oxygen atoms in total. The summed E-state index contributed by atoms with van der Waals surface area (Å²) in [6.07, 6.45) is 0.821. The second-order valence-corrected chi connectivity index (χ2v) is 4.59. The van der Waals surface area contributed by atoms with E-state index in [-0.39, 0.29) is 11.6 Å². The van der Waals surface area contributed by atoms with Crippen molar-refractivity contribution in [2.24, 2.45) is 0 Å². The molecule has 4 bridgehead atoms. The van der Waals surface area contributed by atoms with Crippen LogP contribution < -0.4 is 0 Å². The van der Waals surface area contributed by atoms with Crippen LogP contribution in [0.15, 0.2) is 48.5 Å². The van der Waals surface area contributed by atoms with Gasteiger partial charge in [-0.2, -0.15) is 0 Å². The van der Waals surface area contributed by atoms with Crippen molar-refractivity contribution in [1.82, 2.24) is 0 Å². The lowest BCUT2D eigenvalue weighted by Crippen LogP contribution is -2.08. The van der Waals surface area contributed by atoms with Crippen LogP contribution in [0.4, 0.5) is 0 Å². The van der Waals surface area contributed by atoms with Crippen molar-refractivity contribution in [3.8, 4) is 0 Å². The highest BCUT2D eigenvalue weighted by molar-refractivity contribution is 6.01. The Morgan fingerprint density at radius 3 is 1.22 bits per heavy atom. The van der Waals surface area contributed by atoms with E-state index in [2.05, 4.69) is 0 Å². The van der Waals surface area contributed by atoms with E-state index in [1.807, 2.05) is 24.3 Å². The second kappa shape index (κ2) is 4.22. The molecular weight excluding hydrogens is 224 g/mol. The third-order valence-electron chi connectivity index (χ3n) is 3.28. The first-order valence-corrected chi connectivity index (χ1v) is 5.97. The topological polar surface area (TPSA) is 34.1 Å². The van der Waals surface area contributed by atoms with E-state index in [1.54, 1.807) is 24.3 Å². The predicted octanol–water partition coefficient (Wildman–Crippen LogP) is 2.85. The van der Waals surface area contributed by atoms with Crippen LogP contribution in [0.2, 0.25) is 0 Å². The Balaban J connectivity index is 2.11. The van der Waals surface area contributed by atoms with Gasteiger partial charge in [0.2, 0.25) is 0 Å². The van der Waals surface area contributed by atoms with Gasteiger partial charge in [0.15, 0.2) is 11.6 Å². The van der Waals surface area contributed by atoms with E-state index in [9.17, 15) is 9.59 Å². The highest BCUT2D eigenvalue weighted by atomic mass is 16.1. The summed E-state index contributed by atoms with van der Waals surface area (Å²) in [6, 6.07) is 14.7. The van der Waals surface area contributed by atoms with Gasteiger partial charge in [-0.05, 0) is 11.1 Å². The van der Waals surface area contributed by atoms with Crippen molar-refractivity contribution in [2.75, 3.05) is 0 Å². The number of hydrogen-bond donors (Lipinski definition) is 0. The summed E-state index contributed by atoms with van der Waals surface area (Å²) < 4.78 is 0. The molecule has 0 N–H and O–H groups in total. The number of Topliss-reactive ketones (excluding diaryl/α,β-unsaturated/α-hetero) is 2. The van der Waals surface area contributed by atoms with Crippen molar-refractivity contribution in [1.29, 1.82) is 0 Å². The Morgan fingerprint density at radius 2 is 0.889 bits per heavy atom. The van der Waals surface area contributed by atoms with E-state index in [1.165, 1.54) is 0 Å². The molecule has 0 atom stereocenters. The molecule has 4 aliphatic carbocycles. The maximum Gasteiger partial charge on any atom is 0.167 e. The molecule has 2 aromatic rings.